The minimum Gasteiger partial charge on any atom is -0.347 e. The predicted octanol–water partition coefficient (Wildman–Crippen LogP) is 4.65. The zero-order valence-corrected chi connectivity index (χ0v) is 15.7. The monoisotopic (exact) mass is 394 g/mol. The maximum Gasteiger partial charge on any atom is 0.417 e. The van der Waals surface area contributed by atoms with E-state index in [1.165, 1.54) is 12.1 Å². The first kappa shape index (κ1) is 18.5. The largest absolute Gasteiger partial charge is 0.417 e. The van der Waals surface area contributed by atoms with E-state index >= 15 is 0 Å². The van der Waals surface area contributed by atoms with E-state index in [4.69, 9.17) is 0 Å². The van der Waals surface area contributed by atoms with Crippen LogP contribution in [0.4, 0.5) is 13.2 Å². The summed E-state index contributed by atoms with van der Waals surface area (Å²) in [5.74, 6) is 0.292. The van der Waals surface area contributed by atoms with Crippen molar-refractivity contribution in [2.45, 2.75) is 38.0 Å². The maximum atomic E-state index is 13.3. The maximum absolute atomic E-state index is 13.3. The molecule has 2 bridgehead atoms. The van der Waals surface area contributed by atoms with Crippen molar-refractivity contribution < 1.29 is 18.0 Å². The van der Waals surface area contributed by atoms with Crippen molar-refractivity contribution in [2.75, 3.05) is 13.1 Å². The Hall–Kier alpha value is -1.86. The third kappa shape index (κ3) is 3.50. The topological polar surface area (TPSA) is 32.3 Å². The summed E-state index contributed by atoms with van der Waals surface area (Å²) in [6.45, 7) is 4.29. The molecule has 3 saturated heterocycles. The molecule has 0 aliphatic carbocycles. The molecular formula is C20H21F3N2OS. The van der Waals surface area contributed by atoms with Gasteiger partial charge in [-0.3, -0.25) is 9.69 Å². The molecule has 3 aliphatic rings. The van der Waals surface area contributed by atoms with Gasteiger partial charge in [0.25, 0.3) is 5.91 Å². The van der Waals surface area contributed by atoms with Gasteiger partial charge in [-0.1, -0.05) is 18.2 Å². The number of rotatable bonds is 3. The number of nitrogens with one attached hydrogen (secondary N) is 1. The number of benzene rings is 1. The van der Waals surface area contributed by atoms with Crippen LogP contribution in [0.5, 0.6) is 0 Å². The lowest BCUT2D eigenvalue weighted by Crippen LogP contribution is -2.62. The van der Waals surface area contributed by atoms with Crippen LogP contribution in [0.25, 0.3) is 10.4 Å². The van der Waals surface area contributed by atoms with Crippen LogP contribution in [0.3, 0.4) is 0 Å². The average molecular weight is 394 g/mol. The highest BCUT2D eigenvalue weighted by Crippen LogP contribution is 2.39. The third-order valence-electron chi connectivity index (χ3n) is 5.80. The standard InChI is InChI=1S/C20H21F3N2OS/c1-12-18(13-8-10-25(12)11-9-13)24-19(26)17-7-6-16(27-17)14-4-2-3-5-15(14)20(21,22)23/h2-7,12-13,18H,8-11H2,1H3,(H,24,26). The number of carbonyl (C=O) groups is 1. The molecule has 3 aliphatic heterocycles. The fourth-order valence-electron chi connectivity index (χ4n) is 4.32. The van der Waals surface area contributed by atoms with Crippen LogP contribution in [-0.2, 0) is 6.18 Å². The minimum atomic E-state index is -4.42. The summed E-state index contributed by atoms with van der Waals surface area (Å²) in [4.78, 5) is 16.0. The molecule has 3 fully saturated rings. The molecule has 0 saturated carbocycles. The second-order valence-electron chi connectivity index (χ2n) is 7.32. The molecule has 1 N–H and O–H groups in total. The van der Waals surface area contributed by atoms with E-state index in [1.807, 2.05) is 0 Å². The lowest BCUT2D eigenvalue weighted by Gasteiger charge is -2.49. The Balaban J connectivity index is 1.54. The van der Waals surface area contributed by atoms with E-state index in [0.717, 1.165) is 43.3 Å². The smallest absolute Gasteiger partial charge is 0.347 e. The number of thiophene rings is 1. The van der Waals surface area contributed by atoms with E-state index in [9.17, 15) is 18.0 Å². The SMILES string of the molecule is CC1C(NC(=O)c2ccc(-c3ccccc3C(F)(F)F)s2)C2CCN1CC2. The van der Waals surface area contributed by atoms with E-state index in [1.54, 1.807) is 18.2 Å². The molecule has 4 heterocycles. The summed E-state index contributed by atoms with van der Waals surface area (Å²) in [6.07, 6.45) is -2.25. The van der Waals surface area contributed by atoms with Crippen LogP contribution < -0.4 is 5.32 Å². The summed E-state index contributed by atoms with van der Waals surface area (Å²) < 4.78 is 39.8. The number of halogens is 3. The number of hydrogen-bond acceptors (Lipinski definition) is 3. The minimum absolute atomic E-state index is 0.105. The molecular weight excluding hydrogens is 373 g/mol. The van der Waals surface area contributed by atoms with Crippen LogP contribution in [0, 0.1) is 5.92 Å². The third-order valence-corrected chi connectivity index (χ3v) is 6.92. The Bertz CT molecular complexity index is 838. The van der Waals surface area contributed by atoms with Crippen LogP contribution >= 0.6 is 11.3 Å². The predicted molar refractivity (Wildman–Crippen MR) is 99.8 cm³/mol. The number of fused-ring (bicyclic) bond motifs is 3. The van der Waals surface area contributed by atoms with Crippen LogP contribution in [0.1, 0.15) is 35.0 Å². The second-order valence-corrected chi connectivity index (χ2v) is 8.40. The number of nitrogens with zero attached hydrogens (tertiary/aromatic N) is 1. The second kappa shape index (κ2) is 6.95. The van der Waals surface area contributed by atoms with Crippen molar-refractivity contribution in [3.63, 3.8) is 0 Å². The van der Waals surface area contributed by atoms with Gasteiger partial charge >= 0.3 is 6.18 Å². The zero-order valence-electron chi connectivity index (χ0n) is 14.9. The molecule has 5 rings (SSSR count). The van der Waals surface area contributed by atoms with Gasteiger partial charge in [-0.2, -0.15) is 13.2 Å². The van der Waals surface area contributed by atoms with E-state index in [2.05, 4.69) is 17.1 Å². The van der Waals surface area contributed by atoms with Gasteiger partial charge in [0.15, 0.2) is 0 Å². The molecule has 2 unspecified atom stereocenters. The summed E-state index contributed by atoms with van der Waals surface area (Å²) in [6, 6.07) is 9.11. The Kier molecular flexibility index (Phi) is 4.76. The van der Waals surface area contributed by atoms with Gasteiger partial charge in [0.2, 0.25) is 0 Å². The summed E-state index contributed by atoms with van der Waals surface area (Å²) in [5.41, 5.74) is -0.560. The molecule has 1 aromatic heterocycles. The number of alkyl halides is 3. The van der Waals surface area contributed by atoms with Crippen molar-refractivity contribution in [2.24, 2.45) is 5.92 Å². The molecule has 1 aromatic carbocycles. The number of amides is 1. The van der Waals surface area contributed by atoms with Crippen LogP contribution in [-0.4, -0.2) is 36.0 Å². The lowest BCUT2D eigenvalue weighted by molar-refractivity contribution is -0.137. The quantitative estimate of drug-likeness (QED) is 0.822. The van der Waals surface area contributed by atoms with Crippen molar-refractivity contribution in [3.05, 3.63) is 46.8 Å². The Labute approximate surface area is 160 Å². The van der Waals surface area contributed by atoms with Gasteiger partial charge in [-0.05, 0) is 57.0 Å². The molecule has 1 amide bonds. The van der Waals surface area contributed by atoms with E-state index in [-0.39, 0.29) is 17.5 Å². The Morgan fingerprint density at radius 2 is 1.85 bits per heavy atom. The molecule has 2 atom stereocenters. The number of piperidine rings is 3. The van der Waals surface area contributed by atoms with Gasteiger partial charge in [0.1, 0.15) is 0 Å². The molecule has 0 radical (unpaired) electrons. The highest BCUT2D eigenvalue weighted by Gasteiger charge is 2.40. The molecule has 7 heteroatoms. The number of carbonyl (C=O) groups excluding carboxylic acids is 1. The summed E-state index contributed by atoms with van der Waals surface area (Å²) in [7, 11) is 0. The van der Waals surface area contributed by atoms with Crippen molar-refractivity contribution >= 4 is 17.2 Å². The van der Waals surface area contributed by atoms with Gasteiger partial charge in [0.05, 0.1) is 10.4 Å². The molecule has 27 heavy (non-hydrogen) atoms. The number of hydrogen-bond donors (Lipinski definition) is 1. The fraction of sp³-hybridized carbons (Fsp3) is 0.450. The molecule has 3 nitrogen and oxygen atoms in total. The van der Waals surface area contributed by atoms with Crippen LogP contribution in [0.2, 0.25) is 0 Å². The van der Waals surface area contributed by atoms with Gasteiger partial charge in [0, 0.05) is 22.5 Å². The normalized spacial score (nSPS) is 27.6. The Morgan fingerprint density at radius 1 is 1.15 bits per heavy atom. The summed E-state index contributed by atoms with van der Waals surface area (Å²) >= 11 is 1.11. The molecule has 2 aromatic rings. The first-order valence-electron chi connectivity index (χ1n) is 9.16. The first-order valence-corrected chi connectivity index (χ1v) is 9.97. The van der Waals surface area contributed by atoms with Crippen molar-refractivity contribution in [3.8, 4) is 10.4 Å². The van der Waals surface area contributed by atoms with Crippen LogP contribution in [0.15, 0.2) is 36.4 Å². The average Bonchev–Trinajstić information content (AvgIpc) is 3.14. The van der Waals surface area contributed by atoms with Crippen molar-refractivity contribution in [1.82, 2.24) is 10.2 Å². The molecule has 0 spiro atoms. The van der Waals surface area contributed by atoms with Gasteiger partial charge in [-0.25, -0.2) is 0 Å². The first-order chi connectivity index (χ1) is 12.8. The van der Waals surface area contributed by atoms with E-state index in [0.29, 0.717) is 21.7 Å². The zero-order chi connectivity index (χ0) is 19.2. The summed E-state index contributed by atoms with van der Waals surface area (Å²) in [5, 5.41) is 3.13. The van der Waals surface area contributed by atoms with E-state index < -0.39 is 11.7 Å². The van der Waals surface area contributed by atoms with Gasteiger partial charge in [-0.15, -0.1) is 11.3 Å². The Morgan fingerprint density at radius 3 is 2.52 bits per heavy atom. The lowest BCUT2D eigenvalue weighted by atomic mass is 9.79. The van der Waals surface area contributed by atoms with Crippen molar-refractivity contribution in [1.29, 1.82) is 0 Å². The fourth-order valence-corrected chi connectivity index (χ4v) is 5.27. The molecule has 144 valence electrons. The highest BCUT2D eigenvalue weighted by molar-refractivity contribution is 7.17. The highest BCUT2D eigenvalue weighted by atomic mass is 32.1. The van der Waals surface area contributed by atoms with Gasteiger partial charge < -0.3 is 5.32 Å².